The van der Waals surface area contributed by atoms with Crippen LogP contribution in [0.15, 0.2) is 18.3 Å². The minimum absolute atomic E-state index is 0.172. The van der Waals surface area contributed by atoms with Crippen LogP contribution in [0.2, 0.25) is 0 Å². The van der Waals surface area contributed by atoms with E-state index in [1.165, 1.54) is 6.07 Å². The highest BCUT2D eigenvalue weighted by atomic mass is 19.1. The fourth-order valence-electron chi connectivity index (χ4n) is 2.61. The van der Waals surface area contributed by atoms with E-state index in [1.54, 1.807) is 12.3 Å². The minimum atomic E-state index is -0.251. The number of aromatic amines is 1. The molecule has 1 aliphatic rings. The highest BCUT2D eigenvalue weighted by Crippen LogP contribution is 2.22. The fraction of sp³-hybridized carbons (Fsp3) is 0.333. The van der Waals surface area contributed by atoms with Crippen LogP contribution in [0.1, 0.15) is 32.7 Å². The van der Waals surface area contributed by atoms with Crippen molar-refractivity contribution in [3.63, 3.8) is 0 Å². The number of hydrogen-bond donors (Lipinski definition) is 3. The van der Waals surface area contributed by atoms with Crippen molar-refractivity contribution in [1.29, 1.82) is 0 Å². The number of hydrogen-bond acceptors (Lipinski definition) is 3. The maximum atomic E-state index is 13.8. The molecule has 0 unspecified atom stereocenters. The molecule has 3 rings (SSSR count). The average Bonchev–Trinajstić information content (AvgIpc) is 2.91. The molecule has 5 nitrogen and oxygen atoms in total. The van der Waals surface area contributed by atoms with Crippen molar-refractivity contribution >= 4 is 5.91 Å². The second-order valence-corrected chi connectivity index (χ2v) is 5.18. The van der Waals surface area contributed by atoms with Crippen LogP contribution in [-0.4, -0.2) is 22.6 Å². The molecule has 1 amide bonds. The van der Waals surface area contributed by atoms with Gasteiger partial charge < -0.3 is 10.6 Å². The topological polar surface area (TPSA) is 69.8 Å². The Labute approximate surface area is 121 Å². The van der Waals surface area contributed by atoms with E-state index in [-0.39, 0.29) is 11.7 Å². The lowest BCUT2D eigenvalue weighted by molar-refractivity contribution is 0.0949. The van der Waals surface area contributed by atoms with E-state index in [1.807, 2.05) is 6.92 Å². The number of fused-ring (bicyclic) bond motifs is 1. The standard InChI is InChI=1S/C15H17FN4O/c1-9-10(7-19-20-9)6-18-15(21)12-2-3-14(16)13-8-17-5-4-11(12)13/h2-3,7,17H,4-6,8H2,1H3,(H,18,21)(H,19,20). The molecule has 0 saturated carbocycles. The van der Waals surface area contributed by atoms with Gasteiger partial charge >= 0.3 is 0 Å². The van der Waals surface area contributed by atoms with E-state index in [0.717, 1.165) is 23.4 Å². The molecule has 1 aromatic carbocycles. The van der Waals surface area contributed by atoms with E-state index < -0.39 is 0 Å². The first-order valence-electron chi connectivity index (χ1n) is 6.95. The Hall–Kier alpha value is -2.21. The van der Waals surface area contributed by atoms with Gasteiger partial charge in [-0.1, -0.05) is 0 Å². The van der Waals surface area contributed by atoms with E-state index in [9.17, 15) is 9.18 Å². The Morgan fingerprint density at radius 3 is 3.05 bits per heavy atom. The van der Waals surface area contributed by atoms with Crippen molar-refractivity contribution in [2.24, 2.45) is 0 Å². The van der Waals surface area contributed by atoms with Gasteiger partial charge in [-0.2, -0.15) is 5.10 Å². The smallest absolute Gasteiger partial charge is 0.251 e. The SMILES string of the molecule is Cc1[nH]ncc1CNC(=O)c1ccc(F)c2c1CCNC2. The van der Waals surface area contributed by atoms with Gasteiger partial charge in [-0.25, -0.2) is 4.39 Å². The van der Waals surface area contributed by atoms with Crippen LogP contribution >= 0.6 is 0 Å². The Morgan fingerprint density at radius 1 is 1.43 bits per heavy atom. The lowest BCUT2D eigenvalue weighted by atomic mass is 9.94. The first kappa shape index (κ1) is 13.8. The fourth-order valence-corrected chi connectivity index (χ4v) is 2.61. The molecule has 0 radical (unpaired) electrons. The first-order valence-corrected chi connectivity index (χ1v) is 6.95. The zero-order valence-corrected chi connectivity index (χ0v) is 11.8. The number of nitrogens with zero attached hydrogens (tertiary/aromatic N) is 1. The third-order valence-electron chi connectivity index (χ3n) is 3.85. The molecule has 21 heavy (non-hydrogen) atoms. The van der Waals surface area contributed by atoms with Crippen LogP contribution in [-0.2, 0) is 19.5 Å². The zero-order chi connectivity index (χ0) is 14.8. The minimum Gasteiger partial charge on any atom is -0.348 e. The van der Waals surface area contributed by atoms with Crippen LogP contribution in [0.5, 0.6) is 0 Å². The molecule has 3 N–H and O–H groups in total. The lowest BCUT2D eigenvalue weighted by Gasteiger charge is -2.20. The van der Waals surface area contributed by atoms with Crippen molar-refractivity contribution in [3.05, 3.63) is 52.1 Å². The lowest BCUT2D eigenvalue weighted by Crippen LogP contribution is -2.30. The van der Waals surface area contributed by atoms with Gasteiger partial charge in [0.15, 0.2) is 0 Å². The van der Waals surface area contributed by atoms with Gasteiger partial charge in [-0.3, -0.25) is 9.89 Å². The summed E-state index contributed by atoms with van der Waals surface area (Å²) in [5, 5.41) is 12.7. The molecule has 0 saturated heterocycles. The summed E-state index contributed by atoms with van der Waals surface area (Å²) in [5.74, 6) is -0.423. The average molecular weight is 288 g/mol. The van der Waals surface area contributed by atoms with Crippen molar-refractivity contribution in [2.45, 2.75) is 26.4 Å². The van der Waals surface area contributed by atoms with Gasteiger partial charge in [0.2, 0.25) is 0 Å². The van der Waals surface area contributed by atoms with Gasteiger partial charge in [0.05, 0.1) is 6.20 Å². The van der Waals surface area contributed by atoms with Crippen molar-refractivity contribution in [1.82, 2.24) is 20.8 Å². The molecule has 0 fully saturated rings. The summed E-state index contributed by atoms with van der Waals surface area (Å²) in [4.78, 5) is 12.3. The van der Waals surface area contributed by atoms with E-state index in [0.29, 0.717) is 30.6 Å². The number of H-pyrrole nitrogens is 1. The molecule has 0 bridgehead atoms. The largest absolute Gasteiger partial charge is 0.348 e. The number of nitrogens with one attached hydrogen (secondary N) is 3. The van der Waals surface area contributed by atoms with Crippen LogP contribution in [0.25, 0.3) is 0 Å². The molecule has 2 aromatic rings. The molecular weight excluding hydrogens is 271 g/mol. The summed E-state index contributed by atoms with van der Waals surface area (Å²) in [6, 6.07) is 2.93. The number of rotatable bonds is 3. The van der Waals surface area contributed by atoms with Gasteiger partial charge in [-0.05, 0) is 37.6 Å². The molecule has 1 aromatic heterocycles. The Bertz CT molecular complexity index is 680. The van der Waals surface area contributed by atoms with Crippen LogP contribution in [0.3, 0.4) is 0 Å². The Kier molecular flexibility index (Phi) is 3.70. The summed E-state index contributed by atoms with van der Waals surface area (Å²) in [7, 11) is 0. The predicted octanol–water partition coefficient (Wildman–Crippen LogP) is 1.43. The summed E-state index contributed by atoms with van der Waals surface area (Å²) in [5.41, 5.74) is 3.86. The highest BCUT2D eigenvalue weighted by Gasteiger charge is 2.20. The Balaban J connectivity index is 1.80. The molecule has 0 spiro atoms. The zero-order valence-electron chi connectivity index (χ0n) is 11.8. The molecule has 1 aliphatic heterocycles. The molecule has 0 atom stereocenters. The first-order chi connectivity index (χ1) is 10.2. The van der Waals surface area contributed by atoms with Crippen molar-refractivity contribution in [3.8, 4) is 0 Å². The monoisotopic (exact) mass is 288 g/mol. The van der Waals surface area contributed by atoms with Crippen molar-refractivity contribution < 1.29 is 9.18 Å². The normalized spacial score (nSPS) is 13.8. The van der Waals surface area contributed by atoms with E-state index >= 15 is 0 Å². The van der Waals surface area contributed by atoms with Gasteiger partial charge in [0, 0.05) is 35.5 Å². The summed E-state index contributed by atoms with van der Waals surface area (Å²) >= 11 is 0. The quantitative estimate of drug-likeness (QED) is 0.800. The molecular formula is C15H17FN4O. The number of halogens is 1. The highest BCUT2D eigenvalue weighted by molar-refractivity contribution is 5.96. The molecule has 2 heterocycles. The van der Waals surface area contributed by atoms with Crippen LogP contribution in [0.4, 0.5) is 4.39 Å². The molecule has 0 aliphatic carbocycles. The summed E-state index contributed by atoms with van der Waals surface area (Å²) < 4.78 is 13.8. The third kappa shape index (κ3) is 2.67. The van der Waals surface area contributed by atoms with E-state index in [2.05, 4.69) is 20.8 Å². The number of aryl methyl sites for hydroxylation is 1. The summed E-state index contributed by atoms with van der Waals surface area (Å²) in [6.07, 6.45) is 2.36. The second-order valence-electron chi connectivity index (χ2n) is 5.18. The Morgan fingerprint density at radius 2 is 2.29 bits per heavy atom. The predicted molar refractivity (Wildman–Crippen MR) is 76.3 cm³/mol. The van der Waals surface area contributed by atoms with Gasteiger partial charge in [-0.15, -0.1) is 0 Å². The molecule has 110 valence electrons. The number of aromatic nitrogens is 2. The maximum absolute atomic E-state index is 13.8. The van der Waals surface area contributed by atoms with Crippen molar-refractivity contribution in [2.75, 3.05) is 6.54 Å². The van der Waals surface area contributed by atoms with Gasteiger partial charge in [0.1, 0.15) is 5.82 Å². The second kappa shape index (κ2) is 5.65. The molecule has 6 heteroatoms. The number of carbonyl (C=O) groups excluding carboxylic acids is 1. The van der Waals surface area contributed by atoms with Crippen LogP contribution in [0, 0.1) is 12.7 Å². The van der Waals surface area contributed by atoms with E-state index in [4.69, 9.17) is 0 Å². The number of amides is 1. The van der Waals surface area contributed by atoms with Crippen LogP contribution < -0.4 is 10.6 Å². The number of benzene rings is 1. The number of carbonyl (C=O) groups is 1. The maximum Gasteiger partial charge on any atom is 0.251 e. The third-order valence-corrected chi connectivity index (χ3v) is 3.85. The summed E-state index contributed by atoms with van der Waals surface area (Å²) in [6.45, 7) is 3.55. The van der Waals surface area contributed by atoms with Gasteiger partial charge in [0.25, 0.3) is 5.91 Å².